The zero-order valence-corrected chi connectivity index (χ0v) is 16.5. The molecular weight excluding hydrogens is 296 g/mol. The predicted molar refractivity (Wildman–Crippen MR) is 106 cm³/mol. The quantitative estimate of drug-likeness (QED) is 0.324. The molecular formula is C21H44N2O. The molecule has 0 radical (unpaired) electrons. The maximum atomic E-state index is 11.7. The largest absolute Gasteiger partial charge is 0.326 e. The zero-order valence-electron chi connectivity index (χ0n) is 16.5. The first-order chi connectivity index (χ1) is 11.6. The molecule has 2 unspecified atom stereocenters. The third kappa shape index (κ3) is 15.1. The number of Topliss-reactive ketones (excluding diaryl/α,β-unsaturated/α-hetero) is 1. The van der Waals surface area contributed by atoms with Crippen LogP contribution in [0.5, 0.6) is 0 Å². The van der Waals surface area contributed by atoms with Gasteiger partial charge in [0.15, 0.2) is 5.78 Å². The molecule has 0 aromatic carbocycles. The molecule has 0 aromatic rings. The van der Waals surface area contributed by atoms with Crippen molar-refractivity contribution in [3.05, 3.63) is 0 Å². The van der Waals surface area contributed by atoms with Crippen molar-refractivity contribution in [3.8, 4) is 0 Å². The molecule has 0 aliphatic carbocycles. The van der Waals surface area contributed by atoms with Crippen LogP contribution in [0.3, 0.4) is 0 Å². The summed E-state index contributed by atoms with van der Waals surface area (Å²) in [7, 11) is 0. The van der Waals surface area contributed by atoms with Gasteiger partial charge in [-0.1, -0.05) is 96.8 Å². The van der Waals surface area contributed by atoms with Gasteiger partial charge in [-0.15, -0.1) is 0 Å². The minimum absolute atomic E-state index is 0.125. The highest BCUT2D eigenvalue weighted by Crippen LogP contribution is 2.13. The van der Waals surface area contributed by atoms with E-state index in [1.165, 1.54) is 83.5 Å². The lowest BCUT2D eigenvalue weighted by atomic mass is 10.0. The number of unbranched alkanes of at least 4 members (excludes halogenated alkanes) is 14. The summed E-state index contributed by atoms with van der Waals surface area (Å²) in [4.78, 5) is 11.7. The van der Waals surface area contributed by atoms with Gasteiger partial charge in [0.25, 0.3) is 0 Å². The maximum absolute atomic E-state index is 11.7. The van der Waals surface area contributed by atoms with Crippen LogP contribution >= 0.6 is 0 Å². The van der Waals surface area contributed by atoms with Crippen LogP contribution in [-0.2, 0) is 4.79 Å². The second-order valence-corrected chi connectivity index (χ2v) is 7.55. The molecule has 3 nitrogen and oxygen atoms in total. The van der Waals surface area contributed by atoms with Crippen LogP contribution in [0.15, 0.2) is 0 Å². The summed E-state index contributed by atoms with van der Waals surface area (Å²) in [5.41, 5.74) is 11.4. The molecule has 0 aliphatic rings. The van der Waals surface area contributed by atoms with E-state index in [0.29, 0.717) is 6.42 Å². The smallest absolute Gasteiger partial charge is 0.151 e. The first-order valence-corrected chi connectivity index (χ1v) is 10.6. The summed E-state index contributed by atoms with van der Waals surface area (Å²) in [6.45, 7) is 4.08. The molecule has 24 heavy (non-hydrogen) atoms. The van der Waals surface area contributed by atoms with Gasteiger partial charge in [-0.25, -0.2) is 0 Å². The van der Waals surface area contributed by atoms with Crippen LogP contribution in [0.4, 0.5) is 0 Å². The zero-order chi connectivity index (χ0) is 18.0. The molecule has 0 heterocycles. The van der Waals surface area contributed by atoms with Crippen molar-refractivity contribution in [1.29, 1.82) is 0 Å². The van der Waals surface area contributed by atoms with Crippen molar-refractivity contribution in [2.45, 2.75) is 129 Å². The number of hydrogen-bond acceptors (Lipinski definition) is 3. The van der Waals surface area contributed by atoms with E-state index in [4.69, 9.17) is 11.5 Å². The standard InChI is InChI=1S/C21H44N2O/c1-3-4-5-6-7-8-9-10-11-12-13-14-15-16-17-18-20(24)21(23)19(2)22/h19,21H,3-18,22-23H2,1-2H3. The summed E-state index contributed by atoms with van der Waals surface area (Å²) in [5, 5.41) is 0. The minimum Gasteiger partial charge on any atom is -0.326 e. The van der Waals surface area contributed by atoms with Crippen molar-refractivity contribution in [3.63, 3.8) is 0 Å². The van der Waals surface area contributed by atoms with Gasteiger partial charge < -0.3 is 11.5 Å². The highest BCUT2D eigenvalue weighted by Gasteiger charge is 2.16. The molecule has 0 amide bonds. The number of hydrogen-bond donors (Lipinski definition) is 2. The van der Waals surface area contributed by atoms with E-state index >= 15 is 0 Å². The van der Waals surface area contributed by atoms with E-state index in [2.05, 4.69) is 6.92 Å². The molecule has 4 N–H and O–H groups in total. The SMILES string of the molecule is CCCCCCCCCCCCCCCCCC(=O)C(N)C(C)N. The van der Waals surface area contributed by atoms with Crippen LogP contribution in [0.1, 0.15) is 117 Å². The van der Waals surface area contributed by atoms with E-state index in [1.54, 1.807) is 6.92 Å². The van der Waals surface area contributed by atoms with E-state index in [1.807, 2.05) is 0 Å². The van der Waals surface area contributed by atoms with E-state index in [9.17, 15) is 4.79 Å². The predicted octanol–water partition coefficient (Wildman–Crippen LogP) is 5.49. The number of carbonyl (C=O) groups excluding carboxylic acids is 1. The molecule has 0 saturated carbocycles. The lowest BCUT2D eigenvalue weighted by Crippen LogP contribution is -2.45. The molecule has 0 rings (SSSR count). The van der Waals surface area contributed by atoms with Crippen molar-refractivity contribution in [1.82, 2.24) is 0 Å². The summed E-state index contributed by atoms with van der Waals surface area (Å²) in [6, 6.07) is -0.703. The highest BCUT2D eigenvalue weighted by molar-refractivity contribution is 5.84. The monoisotopic (exact) mass is 340 g/mol. The molecule has 0 fully saturated rings. The van der Waals surface area contributed by atoms with Crippen LogP contribution in [0.2, 0.25) is 0 Å². The molecule has 144 valence electrons. The average Bonchev–Trinajstić information content (AvgIpc) is 2.57. The van der Waals surface area contributed by atoms with Gasteiger partial charge in [0.05, 0.1) is 6.04 Å². The number of nitrogens with two attached hydrogens (primary N) is 2. The minimum atomic E-state index is -0.475. The molecule has 3 heteroatoms. The Hall–Kier alpha value is -0.410. The van der Waals surface area contributed by atoms with Gasteiger partial charge in [0, 0.05) is 12.5 Å². The maximum Gasteiger partial charge on any atom is 0.151 e. The highest BCUT2D eigenvalue weighted by atomic mass is 16.1. The summed E-state index contributed by atoms with van der Waals surface area (Å²) < 4.78 is 0. The summed E-state index contributed by atoms with van der Waals surface area (Å²) in [5.74, 6) is 0.125. The van der Waals surface area contributed by atoms with E-state index in [-0.39, 0.29) is 11.8 Å². The summed E-state index contributed by atoms with van der Waals surface area (Å²) >= 11 is 0. The number of rotatable bonds is 18. The average molecular weight is 341 g/mol. The number of carbonyl (C=O) groups is 1. The first-order valence-electron chi connectivity index (χ1n) is 10.6. The lowest BCUT2D eigenvalue weighted by Gasteiger charge is -2.13. The van der Waals surface area contributed by atoms with Crippen LogP contribution < -0.4 is 11.5 Å². The van der Waals surface area contributed by atoms with Gasteiger partial charge in [-0.05, 0) is 13.3 Å². The van der Waals surface area contributed by atoms with E-state index in [0.717, 1.165) is 12.8 Å². The Morgan fingerprint density at radius 2 is 1.00 bits per heavy atom. The molecule has 0 spiro atoms. The Morgan fingerprint density at radius 1 is 0.667 bits per heavy atom. The van der Waals surface area contributed by atoms with Crippen LogP contribution in [0.25, 0.3) is 0 Å². The number of ketones is 1. The van der Waals surface area contributed by atoms with Crippen molar-refractivity contribution >= 4 is 5.78 Å². The van der Waals surface area contributed by atoms with Gasteiger partial charge in [-0.3, -0.25) is 4.79 Å². The summed E-state index contributed by atoms with van der Waals surface area (Å²) in [6.07, 6.45) is 20.7. The van der Waals surface area contributed by atoms with Gasteiger partial charge >= 0.3 is 0 Å². The van der Waals surface area contributed by atoms with Crippen molar-refractivity contribution in [2.24, 2.45) is 11.5 Å². The van der Waals surface area contributed by atoms with E-state index < -0.39 is 6.04 Å². The van der Waals surface area contributed by atoms with Crippen molar-refractivity contribution < 1.29 is 4.79 Å². The Bertz CT molecular complexity index is 279. The Labute approximate surface area is 151 Å². The fourth-order valence-electron chi connectivity index (χ4n) is 3.13. The topological polar surface area (TPSA) is 69.1 Å². The third-order valence-electron chi connectivity index (χ3n) is 4.96. The second-order valence-electron chi connectivity index (χ2n) is 7.55. The molecule has 0 aliphatic heterocycles. The molecule has 0 saturated heterocycles. The molecule has 0 bridgehead atoms. The normalized spacial score (nSPS) is 13.8. The second kappa shape index (κ2) is 17.4. The first kappa shape index (κ1) is 23.6. The Morgan fingerprint density at radius 3 is 1.33 bits per heavy atom. The lowest BCUT2D eigenvalue weighted by molar-refractivity contribution is -0.120. The third-order valence-corrected chi connectivity index (χ3v) is 4.96. The van der Waals surface area contributed by atoms with Gasteiger partial charge in [0.2, 0.25) is 0 Å². The molecule has 2 atom stereocenters. The Kier molecular flexibility index (Phi) is 17.1. The fraction of sp³-hybridized carbons (Fsp3) is 0.952. The van der Waals surface area contributed by atoms with Gasteiger partial charge in [-0.2, -0.15) is 0 Å². The molecule has 0 aromatic heterocycles. The van der Waals surface area contributed by atoms with Crippen molar-refractivity contribution in [2.75, 3.05) is 0 Å². The Balaban J connectivity index is 3.17. The fourth-order valence-corrected chi connectivity index (χ4v) is 3.13. The van der Waals surface area contributed by atoms with Crippen LogP contribution in [0, 0.1) is 0 Å². The van der Waals surface area contributed by atoms with Crippen LogP contribution in [-0.4, -0.2) is 17.9 Å². The van der Waals surface area contributed by atoms with Gasteiger partial charge in [0.1, 0.15) is 0 Å².